The first-order chi connectivity index (χ1) is 15.5. The first-order valence-corrected chi connectivity index (χ1v) is 11.0. The number of nitrogens with zero attached hydrogens (tertiary/aromatic N) is 3. The van der Waals surface area contributed by atoms with Crippen molar-refractivity contribution in [2.75, 3.05) is 7.11 Å². The quantitative estimate of drug-likeness (QED) is 0.277. The summed E-state index contributed by atoms with van der Waals surface area (Å²) < 4.78 is 9.91. The summed E-state index contributed by atoms with van der Waals surface area (Å²) in [7, 11) is 1.70. The summed E-state index contributed by atoms with van der Waals surface area (Å²) in [6.45, 7) is 2.69. The first-order valence-electron chi connectivity index (χ1n) is 10.2. The average molecular weight is 462 g/mol. The minimum atomic E-state index is 0.568. The second-order valence-corrected chi connectivity index (χ2v) is 8.55. The largest absolute Gasteiger partial charge is 0.495 e. The van der Waals surface area contributed by atoms with Crippen LogP contribution in [-0.2, 0) is 6.54 Å². The van der Waals surface area contributed by atoms with Crippen molar-refractivity contribution in [1.29, 1.82) is 0 Å². The standard InChI is InChI=1S/C26H21Cl2N3O/c1-17-14-31(16-29-17)25-9-7-19(13-26(25)32-2)20-4-3-5-24-21(20)10-11-30(24)15-18-6-8-22(27)23(28)12-18/h3-14,16H,15H2,1-2H3. The molecule has 0 bridgehead atoms. The fourth-order valence-corrected chi connectivity index (χ4v) is 4.38. The van der Waals surface area contributed by atoms with E-state index in [0.717, 1.165) is 39.3 Å². The minimum Gasteiger partial charge on any atom is -0.495 e. The number of hydrogen-bond acceptors (Lipinski definition) is 2. The molecule has 5 aromatic rings. The van der Waals surface area contributed by atoms with Gasteiger partial charge >= 0.3 is 0 Å². The molecule has 0 fully saturated rings. The van der Waals surface area contributed by atoms with E-state index in [4.69, 9.17) is 27.9 Å². The molecule has 0 saturated carbocycles. The van der Waals surface area contributed by atoms with Gasteiger partial charge < -0.3 is 13.9 Å². The van der Waals surface area contributed by atoms with Crippen LogP contribution in [0.1, 0.15) is 11.3 Å². The van der Waals surface area contributed by atoms with Crippen LogP contribution in [0.2, 0.25) is 10.0 Å². The number of methoxy groups -OCH3 is 1. The molecular weight excluding hydrogens is 441 g/mol. The summed E-state index contributed by atoms with van der Waals surface area (Å²) in [4.78, 5) is 4.33. The molecule has 0 saturated heterocycles. The molecule has 5 rings (SSSR count). The smallest absolute Gasteiger partial charge is 0.143 e. The van der Waals surface area contributed by atoms with Gasteiger partial charge in [0.25, 0.3) is 0 Å². The molecule has 0 atom stereocenters. The van der Waals surface area contributed by atoms with Crippen LogP contribution < -0.4 is 4.74 Å². The monoisotopic (exact) mass is 461 g/mol. The lowest BCUT2D eigenvalue weighted by atomic mass is 10.0. The molecule has 0 aliphatic carbocycles. The van der Waals surface area contributed by atoms with Crippen LogP contribution in [0.3, 0.4) is 0 Å². The molecule has 0 spiro atoms. The van der Waals surface area contributed by atoms with Crippen LogP contribution in [0.5, 0.6) is 5.75 Å². The van der Waals surface area contributed by atoms with Gasteiger partial charge in [0.05, 0.1) is 34.9 Å². The zero-order valence-corrected chi connectivity index (χ0v) is 19.2. The van der Waals surface area contributed by atoms with E-state index in [2.05, 4.69) is 58.2 Å². The van der Waals surface area contributed by atoms with Gasteiger partial charge in [0.15, 0.2) is 0 Å². The molecule has 0 unspecified atom stereocenters. The number of benzene rings is 3. The predicted molar refractivity (Wildman–Crippen MR) is 131 cm³/mol. The number of aryl methyl sites for hydroxylation is 1. The van der Waals surface area contributed by atoms with Crippen molar-refractivity contribution < 1.29 is 4.74 Å². The van der Waals surface area contributed by atoms with Crippen molar-refractivity contribution in [3.8, 4) is 22.6 Å². The maximum Gasteiger partial charge on any atom is 0.143 e. The molecule has 0 aliphatic heterocycles. The number of hydrogen-bond donors (Lipinski definition) is 0. The van der Waals surface area contributed by atoms with E-state index >= 15 is 0 Å². The summed E-state index contributed by atoms with van der Waals surface area (Å²) in [5.41, 5.74) is 6.43. The Morgan fingerprint density at radius 2 is 1.84 bits per heavy atom. The molecule has 4 nitrogen and oxygen atoms in total. The minimum absolute atomic E-state index is 0.568. The molecule has 2 heterocycles. The van der Waals surface area contributed by atoms with E-state index in [1.165, 1.54) is 5.39 Å². The average Bonchev–Trinajstić information content (AvgIpc) is 3.42. The Labute approximate surface area is 196 Å². The highest BCUT2D eigenvalue weighted by molar-refractivity contribution is 6.42. The molecule has 0 aliphatic rings. The van der Waals surface area contributed by atoms with E-state index in [1.807, 2.05) is 35.9 Å². The second kappa shape index (κ2) is 8.38. The molecule has 3 aromatic carbocycles. The molecular formula is C26H21Cl2N3O. The summed E-state index contributed by atoms with van der Waals surface area (Å²) in [5.74, 6) is 0.798. The van der Waals surface area contributed by atoms with Crippen LogP contribution in [0.15, 0.2) is 79.4 Å². The lowest BCUT2D eigenvalue weighted by Crippen LogP contribution is -1.98. The van der Waals surface area contributed by atoms with Crippen LogP contribution >= 0.6 is 23.2 Å². The van der Waals surface area contributed by atoms with Crippen LogP contribution in [0, 0.1) is 6.92 Å². The van der Waals surface area contributed by atoms with E-state index < -0.39 is 0 Å². The van der Waals surface area contributed by atoms with Crippen LogP contribution in [-0.4, -0.2) is 21.2 Å². The predicted octanol–water partition coefficient (Wildman–Crippen LogP) is 7.17. The lowest BCUT2D eigenvalue weighted by molar-refractivity contribution is 0.413. The highest BCUT2D eigenvalue weighted by atomic mass is 35.5. The molecule has 160 valence electrons. The van der Waals surface area contributed by atoms with Gasteiger partial charge in [0, 0.05) is 29.8 Å². The van der Waals surface area contributed by atoms with Crippen LogP contribution in [0.25, 0.3) is 27.7 Å². The number of ether oxygens (including phenoxy) is 1. The zero-order chi connectivity index (χ0) is 22.2. The Hall–Kier alpha value is -3.21. The van der Waals surface area contributed by atoms with Gasteiger partial charge in [-0.25, -0.2) is 4.98 Å². The Morgan fingerprint density at radius 1 is 0.969 bits per heavy atom. The molecule has 0 amide bonds. The summed E-state index contributed by atoms with van der Waals surface area (Å²) in [6, 6.07) is 20.6. The zero-order valence-electron chi connectivity index (χ0n) is 17.7. The lowest BCUT2D eigenvalue weighted by Gasteiger charge is -2.13. The number of imidazole rings is 1. The van der Waals surface area contributed by atoms with Crippen molar-refractivity contribution in [2.24, 2.45) is 0 Å². The van der Waals surface area contributed by atoms with Crippen LogP contribution in [0.4, 0.5) is 0 Å². The third kappa shape index (κ3) is 3.77. The summed E-state index contributed by atoms with van der Waals surface area (Å²) in [5, 5.41) is 2.32. The Morgan fingerprint density at radius 3 is 2.59 bits per heavy atom. The van der Waals surface area contributed by atoms with E-state index in [9.17, 15) is 0 Å². The van der Waals surface area contributed by atoms with E-state index in [-0.39, 0.29) is 0 Å². The van der Waals surface area contributed by atoms with Crippen molar-refractivity contribution in [3.63, 3.8) is 0 Å². The van der Waals surface area contributed by atoms with Gasteiger partial charge in [0.1, 0.15) is 5.75 Å². The van der Waals surface area contributed by atoms with E-state index in [0.29, 0.717) is 16.6 Å². The SMILES string of the molecule is COc1cc(-c2cccc3c2ccn3Cc2ccc(Cl)c(Cl)c2)ccc1-n1cnc(C)c1. The third-order valence-corrected chi connectivity index (χ3v) is 6.37. The van der Waals surface area contributed by atoms with Gasteiger partial charge in [-0.2, -0.15) is 0 Å². The number of rotatable bonds is 5. The molecule has 32 heavy (non-hydrogen) atoms. The molecule has 2 aromatic heterocycles. The summed E-state index contributed by atoms with van der Waals surface area (Å²) in [6.07, 6.45) is 5.90. The fraction of sp³-hybridized carbons (Fsp3) is 0.115. The highest BCUT2D eigenvalue weighted by Gasteiger charge is 2.12. The Balaban J connectivity index is 1.54. The Kier molecular flexibility index (Phi) is 5.41. The number of halogens is 2. The first kappa shape index (κ1) is 20.7. The number of aromatic nitrogens is 3. The second-order valence-electron chi connectivity index (χ2n) is 7.74. The Bertz CT molecular complexity index is 1430. The van der Waals surface area contributed by atoms with Gasteiger partial charge in [-0.05, 0) is 60.0 Å². The van der Waals surface area contributed by atoms with Crippen molar-refractivity contribution in [1.82, 2.24) is 14.1 Å². The van der Waals surface area contributed by atoms with Crippen molar-refractivity contribution in [2.45, 2.75) is 13.5 Å². The summed E-state index contributed by atoms with van der Waals surface area (Å²) >= 11 is 12.3. The molecule has 6 heteroatoms. The van der Waals surface area contributed by atoms with Crippen molar-refractivity contribution in [3.05, 3.63) is 101 Å². The third-order valence-electron chi connectivity index (χ3n) is 5.63. The van der Waals surface area contributed by atoms with E-state index in [1.54, 1.807) is 13.4 Å². The van der Waals surface area contributed by atoms with Gasteiger partial charge in [-0.3, -0.25) is 0 Å². The highest BCUT2D eigenvalue weighted by Crippen LogP contribution is 2.34. The maximum absolute atomic E-state index is 6.21. The number of fused-ring (bicyclic) bond motifs is 1. The normalized spacial score (nSPS) is 11.2. The molecule has 0 radical (unpaired) electrons. The maximum atomic E-state index is 6.21. The molecule has 0 N–H and O–H groups in total. The fourth-order valence-electron chi connectivity index (χ4n) is 4.06. The van der Waals surface area contributed by atoms with Gasteiger partial charge in [-0.15, -0.1) is 0 Å². The van der Waals surface area contributed by atoms with Gasteiger partial charge in [-0.1, -0.05) is 47.5 Å². The van der Waals surface area contributed by atoms with Crippen molar-refractivity contribution >= 4 is 34.1 Å². The topological polar surface area (TPSA) is 32.0 Å². The van der Waals surface area contributed by atoms with Gasteiger partial charge in [0.2, 0.25) is 0 Å².